The number of aromatic nitrogens is 3. The van der Waals surface area contributed by atoms with Crippen molar-refractivity contribution in [3.8, 4) is 5.88 Å². The van der Waals surface area contributed by atoms with Gasteiger partial charge < -0.3 is 9.72 Å². The molecule has 0 radical (unpaired) electrons. The van der Waals surface area contributed by atoms with Crippen LogP contribution in [0.15, 0.2) is 36.4 Å². The van der Waals surface area contributed by atoms with Gasteiger partial charge in [-0.25, -0.2) is 0 Å². The van der Waals surface area contributed by atoms with Gasteiger partial charge in [-0.1, -0.05) is 23.7 Å². The van der Waals surface area contributed by atoms with E-state index in [0.717, 1.165) is 21.7 Å². The summed E-state index contributed by atoms with van der Waals surface area (Å²) in [5.74, 6) is 0.566. The first-order valence-corrected chi connectivity index (χ1v) is 6.84. The summed E-state index contributed by atoms with van der Waals surface area (Å²) in [5.41, 5.74) is 2.78. The Hall–Kier alpha value is -1.85. The van der Waals surface area contributed by atoms with Gasteiger partial charge in [-0.2, -0.15) is 4.98 Å². The van der Waals surface area contributed by atoms with E-state index in [9.17, 15) is 0 Å². The predicted molar refractivity (Wildman–Crippen MR) is 82.0 cm³/mol. The highest BCUT2D eigenvalue weighted by Gasteiger charge is 2.08. The molecule has 0 saturated heterocycles. The molecule has 0 spiro atoms. The number of pyridine rings is 1. The van der Waals surface area contributed by atoms with Gasteiger partial charge in [0.1, 0.15) is 0 Å². The van der Waals surface area contributed by atoms with Crippen LogP contribution in [0.25, 0.3) is 11.2 Å². The number of benzene rings is 1. The molecule has 20 heavy (non-hydrogen) atoms. The minimum absolute atomic E-state index is 0.566. The maximum atomic E-state index is 5.90. The van der Waals surface area contributed by atoms with Crippen molar-refractivity contribution in [2.45, 2.75) is 6.54 Å². The first-order valence-electron chi connectivity index (χ1n) is 6.05. The molecule has 1 N–H and O–H groups in total. The van der Waals surface area contributed by atoms with E-state index in [-0.39, 0.29) is 0 Å². The standard InChI is InChI=1S/C14H12ClN3OS/c1-19-12-7-6-11-13(17-12)18(14(20)16-11)8-9-2-4-10(15)5-3-9/h2-7H,8H2,1H3,(H,16,20). The first-order chi connectivity index (χ1) is 9.67. The summed E-state index contributed by atoms with van der Waals surface area (Å²) in [6.07, 6.45) is 0. The topological polar surface area (TPSA) is 42.8 Å². The number of hydrogen-bond donors (Lipinski definition) is 1. The van der Waals surface area contributed by atoms with Crippen molar-refractivity contribution in [1.29, 1.82) is 0 Å². The summed E-state index contributed by atoms with van der Waals surface area (Å²) in [4.78, 5) is 7.59. The second-order valence-electron chi connectivity index (χ2n) is 4.37. The molecule has 0 fully saturated rings. The van der Waals surface area contributed by atoms with Crippen LogP contribution >= 0.6 is 23.8 Å². The quantitative estimate of drug-likeness (QED) is 0.748. The third kappa shape index (κ3) is 2.42. The Kier molecular flexibility index (Phi) is 3.46. The van der Waals surface area contributed by atoms with Crippen LogP contribution in [0.3, 0.4) is 0 Å². The molecular formula is C14H12ClN3OS. The van der Waals surface area contributed by atoms with E-state index in [1.54, 1.807) is 13.2 Å². The van der Waals surface area contributed by atoms with Gasteiger partial charge in [-0.15, -0.1) is 0 Å². The highest BCUT2D eigenvalue weighted by atomic mass is 35.5. The number of ether oxygens (including phenoxy) is 1. The molecule has 0 aliphatic heterocycles. The van der Waals surface area contributed by atoms with E-state index < -0.39 is 0 Å². The number of imidazole rings is 1. The van der Waals surface area contributed by atoms with E-state index in [0.29, 0.717) is 17.2 Å². The van der Waals surface area contributed by atoms with Gasteiger partial charge in [0.25, 0.3) is 0 Å². The summed E-state index contributed by atoms with van der Waals surface area (Å²) < 4.78 is 7.74. The zero-order valence-electron chi connectivity index (χ0n) is 10.8. The van der Waals surface area contributed by atoms with Crippen molar-refractivity contribution < 1.29 is 4.74 Å². The Morgan fingerprint density at radius 1 is 1.25 bits per heavy atom. The minimum atomic E-state index is 0.566. The maximum Gasteiger partial charge on any atom is 0.215 e. The van der Waals surface area contributed by atoms with Crippen LogP contribution in [0.5, 0.6) is 5.88 Å². The van der Waals surface area contributed by atoms with E-state index in [1.807, 2.05) is 34.9 Å². The van der Waals surface area contributed by atoms with Crippen LogP contribution in [-0.2, 0) is 6.54 Å². The largest absolute Gasteiger partial charge is 0.481 e. The molecule has 0 bridgehead atoms. The van der Waals surface area contributed by atoms with Gasteiger partial charge >= 0.3 is 0 Å². The Balaban J connectivity index is 2.08. The molecule has 0 unspecified atom stereocenters. The Labute approximate surface area is 126 Å². The lowest BCUT2D eigenvalue weighted by Gasteiger charge is -2.05. The summed E-state index contributed by atoms with van der Waals surface area (Å²) in [7, 11) is 1.60. The van der Waals surface area contributed by atoms with Crippen LogP contribution < -0.4 is 4.74 Å². The molecule has 0 amide bonds. The molecule has 1 aromatic carbocycles. The van der Waals surface area contributed by atoms with Gasteiger partial charge in [0.05, 0.1) is 19.2 Å². The highest BCUT2D eigenvalue weighted by molar-refractivity contribution is 7.71. The van der Waals surface area contributed by atoms with Crippen LogP contribution in [0.4, 0.5) is 0 Å². The average Bonchev–Trinajstić information content (AvgIpc) is 2.77. The first kappa shape index (κ1) is 13.1. The van der Waals surface area contributed by atoms with Crippen molar-refractivity contribution in [1.82, 2.24) is 14.5 Å². The van der Waals surface area contributed by atoms with Crippen LogP contribution in [0.2, 0.25) is 5.02 Å². The third-order valence-corrected chi connectivity index (χ3v) is 3.63. The number of H-pyrrole nitrogens is 1. The lowest BCUT2D eigenvalue weighted by molar-refractivity contribution is 0.399. The van der Waals surface area contributed by atoms with Gasteiger partial charge in [0.15, 0.2) is 10.4 Å². The normalized spacial score (nSPS) is 10.9. The molecule has 4 nitrogen and oxygen atoms in total. The number of nitrogens with one attached hydrogen (secondary N) is 1. The number of aromatic amines is 1. The second-order valence-corrected chi connectivity index (χ2v) is 5.19. The second kappa shape index (κ2) is 5.26. The number of methoxy groups -OCH3 is 1. The van der Waals surface area contributed by atoms with Crippen molar-refractivity contribution in [3.63, 3.8) is 0 Å². The molecule has 0 saturated carbocycles. The maximum absolute atomic E-state index is 5.90. The summed E-state index contributed by atoms with van der Waals surface area (Å²) in [6.45, 7) is 0.635. The van der Waals surface area contributed by atoms with Gasteiger partial charge in [-0.3, -0.25) is 4.57 Å². The van der Waals surface area contributed by atoms with Gasteiger partial charge in [0.2, 0.25) is 5.88 Å². The lowest BCUT2D eigenvalue weighted by Crippen LogP contribution is -2.01. The zero-order valence-corrected chi connectivity index (χ0v) is 12.3. The zero-order chi connectivity index (χ0) is 14.1. The fourth-order valence-corrected chi connectivity index (χ4v) is 2.43. The summed E-state index contributed by atoms with van der Waals surface area (Å²) >= 11 is 11.3. The molecule has 0 atom stereocenters. The number of rotatable bonds is 3. The molecule has 0 aliphatic rings. The third-order valence-electron chi connectivity index (χ3n) is 3.06. The highest BCUT2D eigenvalue weighted by Crippen LogP contribution is 2.18. The van der Waals surface area contributed by atoms with E-state index >= 15 is 0 Å². The summed E-state index contributed by atoms with van der Waals surface area (Å²) in [6, 6.07) is 11.4. The molecule has 2 heterocycles. The fourth-order valence-electron chi connectivity index (χ4n) is 2.05. The van der Waals surface area contributed by atoms with Gasteiger partial charge in [-0.05, 0) is 36.0 Å². The van der Waals surface area contributed by atoms with E-state index in [2.05, 4.69) is 9.97 Å². The van der Waals surface area contributed by atoms with Crippen molar-refractivity contribution in [2.24, 2.45) is 0 Å². The Morgan fingerprint density at radius 3 is 2.70 bits per heavy atom. The minimum Gasteiger partial charge on any atom is -0.481 e. The van der Waals surface area contributed by atoms with Crippen molar-refractivity contribution >= 4 is 35.0 Å². The Morgan fingerprint density at radius 2 is 2.00 bits per heavy atom. The van der Waals surface area contributed by atoms with Gasteiger partial charge in [0, 0.05) is 11.1 Å². The van der Waals surface area contributed by atoms with E-state index in [1.165, 1.54) is 0 Å². The molecule has 0 aliphatic carbocycles. The molecular weight excluding hydrogens is 294 g/mol. The number of halogens is 1. The number of hydrogen-bond acceptors (Lipinski definition) is 3. The molecule has 102 valence electrons. The number of nitrogens with zero attached hydrogens (tertiary/aromatic N) is 2. The van der Waals surface area contributed by atoms with Crippen LogP contribution in [-0.4, -0.2) is 21.6 Å². The Bertz CT molecular complexity index is 807. The van der Waals surface area contributed by atoms with E-state index in [4.69, 9.17) is 28.6 Å². The average molecular weight is 306 g/mol. The molecule has 3 rings (SSSR count). The smallest absolute Gasteiger partial charge is 0.215 e. The SMILES string of the molecule is COc1ccc2[nH]c(=S)n(Cc3ccc(Cl)cc3)c2n1. The monoisotopic (exact) mass is 305 g/mol. The predicted octanol–water partition coefficient (Wildman–Crippen LogP) is 3.80. The molecule has 3 aromatic rings. The molecule has 2 aromatic heterocycles. The lowest BCUT2D eigenvalue weighted by atomic mass is 10.2. The number of fused-ring (bicyclic) bond motifs is 1. The molecule has 6 heteroatoms. The van der Waals surface area contributed by atoms with Crippen molar-refractivity contribution in [3.05, 3.63) is 51.8 Å². The summed E-state index contributed by atoms with van der Waals surface area (Å²) in [5, 5.41) is 0.719. The fraction of sp³-hybridized carbons (Fsp3) is 0.143. The van der Waals surface area contributed by atoms with Crippen LogP contribution in [0.1, 0.15) is 5.56 Å². The van der Waals surface area contributed by atoms with Crippen LogP contribution in [0, 0.1) is 4.77 Å². The van der Waals surface area contributed by atoms with Crippen molar-refractivity contribution in [2.75, 3.05) is 7.11 Å².